The number of carbonyl (C=O) groups is 1. The number of amides is 1. The number of aromatic hydroxyl groups is 1. The van der Waals surface area contributed by atoms with Crippen molar-refractivity contribution in [2.24, 2.45) is 5.73 Å². The van der Waals surface area contributed by atoms with Gasteiger partial charge in [0, 0.05) is 19.6 Å². The van der Waals surface area contributed by atoms with E-state index in [1.165, 1.54) is 0 Å². The Morgan fingerprint density at radius 1 is 1.48 bits per heavy atom. The number of likely N-dealkylation sites (N-methyl/N-ethyl adjacent to an activating group) is 2. The minimum Gasteiger partial charge on any atom is -0.508 e. The maximum Gasteiger partial charge on any atom is 0.239 e. The van der Waals surface area contributed by atoms with Gasteiger partial charge < -0.3 is 20.6 Å². The van der Waals surface area contributed by atoms with Gasteiger partial charge in [0.25, 0.3) is 0 Å². The largest absolute Gasteiger partial charge is 0.508 e. The fraction of sp³-hybridized carbons (Fsp3) is 0.562. The van der Waals surface area contributed by atoms with E-state index in [9.17, 15) is 9.90 Å². The third kappa shape index (κ3) is 4.19. The second-order valence-electron chi connectivity index (χ2n) is 5.98. The Morgan fingerprint density at radius 3 is 2.76 bits per heavy atom. The second kappa shape index (κ2) is 6.91. The topological polar surface area (TPSA) is 69.8 Å². The number of piperidine rings is 1. The van der Waals surface area contributed by atoms with Crippen LogP contribution < -0.4 is 5.73 Å². The van der Waals surface area contributed by atoms with Crippen LogP contribution in [-0.2, 0) is 11.2 Å². The summed E-state index contributed by atoms with van der Waals surface area (Å²) < 4.78 is 0. The number of phenolic OH excluding ortho intramolecular Hbond substituents is 1. The predicted molar refractivity (Wildman–Crippen MR) is 83.1 cm³/mol. The summed E-state index contributed by atoms with van der Waals surface area (Å²) in [6, 6.07) is 6.56. The van der Waals surface area contributed by atoms with Crippen LogP contribution in [-0.4, -0.2) is 60.1 Å². The van der Waals surface area contributed by atoms with Crippen LogP contribution in [0.15, 0.2) is 24.3 Å². The van der Waals surface area contributed by atoms with E-state index >= 15 is 0 Å². The van der Waals surface area contributed by atoms with Gasteiger partial charge in [-0.05, 0) is 50.6 Å². The Bertz CT molecular complexity index is 475. The average Bonchev–Trinajstić information content (AvgIpc) is 2.48. The van der Waals surface area contributed by atoms with Crippen molar-refractivity contribution in [2.45, 2.75) is 31.3 Å². The first kappa shape index (κ1) is 15.8. The predicted octanol–water partition coefficient (Wildman–Crippen LogP) is 0.815. The SMILES string of the molecule is CN1CCCC(N(C)C(=O)[C@H](N)Cc2ccc(O)cc2)C1. The molecule has 5 nitrogen and oxygen atoms in total. The molecule has 5 heteroatoms. The van der Waals surface area contributed by atoms with Crippen molar-refractivity contribution in [3.8, 4) is 5.75 Å². The van der Waals surface area contributed by atoms with Crippen LogP contribution in [0.25, 0.3) is 0 Å². The number of rotatable bonds is 4. The summed E-state index contributed by atoms with van der Waals surface area (Å²) in [5.74, 6) is 0.212. The lowest BCUT2D eigenvalue weighted by Gasteiger charge is -2.36. The smallest absolute Gasteiger partial charge is 0.239 e. The molecule has 1 aliphatic rings. The lowest BCUT2D eigenvalue weighted by atomic mass is 10.0. The maximum atomic E-state index is 12.5. The fourth-order valence-corrected chi connectivity index (χ4v) is 2.87. The van der Waals surface area contributed by atoms with Crippen molar-refractivity contribution in [1.82, 2.24) is 9.80 Å². The molecule has 0 spiro atoms. The van der Waals surface area contributed by atoms with E-state index in [2.05, 4.69) is 11.9 Å². The van der Waals surface area contributed by atoms with E-state index in [1.807, 2.05) is 7.05 Å². The highest BCUT2D eigenvalue weighted by Gasteiger charge is 2.27. The normalized spacial score (nSPS) is 21.0. The van der Waals surface area contributed by atoms with Crippen molar-refractivity contribution in [1.29, 1.82) is 0 Å². The average molecular weight is 291 g/mol. The van der Waals surface area contributed by atoms with Gasteiger partial charge in [-0.15, -0.1) is 0 Å². The highest BCUT2D eigenvalue weighted by Crippen LogP contribution is 2.16. The molecule has 0 radical (unpaired) electrons. The summed E-state index contributed by atoms with van der Waals surface area (Å²) in [6.07, 6.45) is 2.65. The summed E-state index contributed by atoms with van der Waals surface area (Å²) in [5.41, 5.74) is 7.02. The summed E-state index contributed by atoms with van der Waals surface area (Å²) >= 11 is 0. The molecule has 21 heavy (non-hydrogen) atoms. The number of phenols is 1. The summed E-state index contributed by atoms with van der Waals surface area (Å²) in [6.45, 7) is 2.01. The second-order valence-corrected chi connectivity index (χ2v) is 5.98. The summed E-state index contributed by atoms with van der Waals surface area (Å²) in [5, 5.41) is 9.27. The van der Waals surface area contributed by atoms with Crippen molar-refractivity contribution in [2.75, 3.05) is 27.2 Å². The zero-order valence-electron chi connectivity index (χ0n) is 12.8. The molecule has 1 amide bonds. The third-order valence-corrected chi connectivity index (χ3v) is 4.20. The van der Waals surface area contributed by atoms with E-state index < -0.39 is 6.04 Å². The zero-order chi connectivity index (χ0) is 15.4. The first-order chi connectivity index (χ1) is 9.97. The fourth-order valence-electron chi connectivity index (χ4n) is 2.87. The number of nitrogens with zero attached hydrogens (tertiary/aromatic N) is 2. The highest BCUT2D eigenvalue weighted by atomic mass is 16.3. The van der Waals surface area contributed by atoms with E-state index in [1.54, 1.807) is 29.2 Å². The van der Waals surface area contributed by atoms with Crippen molar-refractivity contribution >= 4 is 5.91 Å². The minimum absolute atomic E-state index is 0.0108. The molecule has 2 atom stereocenters. The van der Waals surface area contributed by atoms with Gasteiger partial charge in [0.1, 0.15) is 5.75 Å². The van der Waals surface area contributed by atoms with E-state index in [0.717, 1.165) is 31.5 Å². The molecule has 1 aliphatic heterocycles. The van der Waals surface area contributed by atoms with Crippen LogP contribution in [0, 0.1) is 0 Å². The van der Waals surface area contributed by atoms with E-state index in [4.69, 9.17) is 5.73 Å². The number of carbonyl (C=O) groups excluding carboxylic acids is 1. The van der Waals surface area contributed by atoms with Gasteiger partial charge in [-0.3, -0.25) is 4.79 Å². The molecule has 0 saturated carbocycles. The monoisotopic (exact) mass is 291 g/mol. The molecule has 1 fully saturated rings. The molecule has 116 valence electrons. The van der Waals surface area contributed by atoms with Crippen LogP contribution in [0.3, 0.4) is 0 Å². The van der Waals surface area contributed by atoms with Crippen molar-refractivity contribution in [3.63, 3.8) is 0 Å². The molecule has 2 rings (SSSR count). The van der Waals surface area contributed by atoms with Crippen LogP contribution in [0.4, 0.5) is 0 Å². The van der Waals surface area contributed by atoms with Crippen LogP contribution >= 0.6 is 0 Å². The van der Waals surface area contributed by atoms with Crippen LogP contribution in [0.5, 0.6) is 5.75 Å². The van der Waals surface area contributed by atoms with Gasteiger partial charge in [0.15, 0.2) is 0 Å². The minimum atomic E-state index is -0.535. The molecule has 3 N–H and O–H groups in total. The Balaban J connectivity index is 1.93. The van der Waals surface area contributed by atoms with Crippen LogP contribution in [0.1, 0.15) is 18.4 Å². The van der Waals surface area contributed by atoms with Gasteiger partial charge in [0.05, 0.1) is 6.04 Å². The Morgan fingerprint density at radius 2 is 2.14 bits per heavy atom. The number of nitrogens with two attached hydrogens (primary N) is 1. The summed E-state index contributed by atoms with van der Waals surface area (Å²) in [7, 11) is 3.93. The van der Waals surface area contributed by atoms with E-state index in [0.29, 0.717) is 6.42 Å². The van der Waals surface area contributed by atoms with Crippen molar-refractivity contribution in [3.05, 3.63) is 29.8 Å². The Kier molecular flexibility index (Phi) is 5.20. The lowest BCUT2D eigenvalue weighted by molar-refractivity contribution is -0.134. The zero-order valence-corrected chi connectivity index (χ0v) is 12.8. The molecule has 1 aromatic rings. The number of hydrogen-bond acceptors (Lipinski definition) is 4. The van der Waals surface area contributed by atoms with Crippen LogP contribution in [0.2, 0.25) is 0 Å². The first-order valence-corrected chi connectivity index (χ1v) is 7.46. The molecule has 1 unspecified atom stereocenters. The maximum absolute atomic E-state index is 12.5. The number of hydrogen-bond donors (Lipinski definition) is 2. The molecular formula is C16H25N3O2. The molecule has 0 aromatic heterocycles. The molecule has 1 aromatic carbocycles. The van der Waals surface area contributed by atoms with Gasteiger partial charge in [-0.25, -0.2) is 0 Å². The van der Waals surface area contributed by atoms with Gasteiger partial charge in [-0.1, -0.05) is 12.1 Å². The number of likely N-dealkylation sites (tertiary alicyclic amines) is 1. The molecule has 1 heterocycles. The molecule has 0 aliphatic carbocycles. The quantitative estimate of drug-likeness (QED) is 0.861. The lowest BCUT2D eigenvalue weighted by Crippen LogP contribution is -2.52. The van der Waals surface area contributed by atoms with Gasteiger partial charge >= 0.3 is 0 Å². The van der Waals surface area contributed by atoms with Gasteiger partial charge in [-0.2, -0.15) is 0 Å². The van der Waals surface area contributed by atoms with Crippen molar-refractivity contribution < 1.29 is 9.90 Å². The Labute approximate surface area is 126 Å². The third-order valence-electron chi connectivity index (χ3n) is 4.20. The Hall–Kier alpha value is -1.59. The standard InChI is InChI=1S/C16H25N3O2/c1-18-9-3-4-13(11-18)19(2)16(21)15(17)10-12-5-7-14(20)8-6-12/h5-8,13,15,20H,3-4,9-11,17H2,1-2H3/t13?,15-/m1/s1. The molecule has 1 saturated heterocycles. The summed E-state index contributed by atoms with van der Waals surface area (Å²) in [4.78, 5) is 16.5. The molecule has 0 bridgehead atoms. The number of benzene rings is 1. The van der Waals surface area contributed by atoms with E-state index in [-0.39, 0.29) is 17.7 Å². The first-order valence-electron chi connectivity index (χ1n) is 7.46. The van der Waals surface area contributed by atoms with Gasteiger partial charge in [0.2, 0.25) is 5.91 Å². The molecular weight excluding hydrogens is 266 g/mol. The highest BCUT2D eigenvalue weighted by molar-refractivity contribution is 5.82.